The Balaban J connectivity index is 2.51. The molecular formula is C11H19N3. The number of rotatable bonds is 4. The number of hydrogen-bond acceptors (Lipinski definition) is 3. The lowest BCUT2D eigenvalue weighted by atomic mass is 10.1. The van der Waals surface area contributed by atoms with E-state index in [-0.39, 0.29) is 6.04 Å². The minimum atomic E-state index is 0.224. The summed E-state index contributed by atoms with van der Waals surface area (Å²) in [6.45, 7) is 6.12. The Morgan fingerprint density at radius 2 is 2.14 bits per heavy atom. The molecule has 1 rings (SSSR count). The Hall–Kier alpha value is -1.09. The molecule has 0 radical (unpaired) electrons. The zero-order valence-corrected chi connectivity index (χ0v) is 9.12. The molecule has 3 heteroatoms. The smallest absolute Gasteiger partial charge is 0.126 e. The van der Waals surface area contributed by atoms with Crippen molar-refractivity contribution in [1.82, 2.24) is 4.98 Å². The molecule has 0 aliphatic carbocycles. The number of pyridine rings is 1. The summed E-state index contributed by atoms with van der Waals surface area (Å²) in [5.74, 6) is 0.929. The zero-order valence-electron chi connectivity index (χ0n) is 9.12. The van der Waals surface area contributed by atoms with Crippen LogP contribution in [0.25, 0.3) is 0 Å². The molecule has 0 amide bonds. The van der Waals surface area contributed by atoms with Gasteiger partial charge in [-0.1, -0.05) is 6.07 Å². The minimum absolute atomic E-state index is 0.224. The molecule has 0 bridgehead atoms. The number of aryl methyl sites for hydroxylation is 1. The van der Waals surface area contributed by atoms with Crippen molar-refractivity contribution in [3.05, 3.63) is 23.9 Å². The molecule has 0 aromatic carbocycles. The third kappa shape index (κ3) is 3.75. The lowest BCUT2D eigenvalue weighted by molar-refractivity contribution is 0.603. The van der Waals surface area contributed by atoms with Gasteiger partial charge in [-0.05, 0) is 39.3 Å². The van der Waals surface area contributed by atoms with Gasteiger partial charge >= 0.3 is 0 Å². The molecule has 3 nitrogen and oxygen atoms in total. The standard InChI is InChI=1S/C11H19N3/c1-8(12)7-10(3)14-11-6-4-5-9(2)13-11/h4-6,8,10H,7,12H2,1-3H3,(H,13,14). The number of nitrogens with one attached hydrogen (secondary N) is 1. The van der Waals surface area contributed by atoms with Crippen molar-refractivity contribution in [2.24, 2.45) is 5.73 Å². The second-order valence-electron chi connectivity index (χ2n) is 3.92. The fourth-order valence-electron chi connectivity index (χ4n) is 1.49. The largest absolute Gasteiger partial charge is 0.368 e. The van der Waals surface area contributed by atoms with Crippen LogP contribution in [0.15, 0.2) is 18.2 Å². The third-order valence-corrected chi connectivity index (χ3v) is 2.01. The van der Waals surface area contributed by atoms with Crippen LogP contribution in [-0.2, 0) is 0 Å². The normalized spacial score (nSPS) is 14.9. The highest BCUT2D eigenvalue weighted by Gasteiger charge is 2.05. The van der Waals surface area contributed by atoms with Crippen molar-refractivity contribution in [1.29, 1.82) is 0 Å². The highest BCUT2D eigenvalue weighted by atomic mass is 15.0. The summed E-state index contributed by atoms with van der Waals surface area (Å²) < 4.78 is 0. The molecule has 0 aliphatic heterocycles. The molecule has 1 heterocycles. The van der Waals surface area contributed by atoms with Gasteiger partial charge in [0.1, 0.15) is 5.82 Å². The van der Waals surface area contributed by atoms with Crippen LogP contribution in [0, 0.1) is 6.92 Å². The Labute approximate surface area is 85.7 Å². The number of nitrogens with two attached hydrogens (primary N) is 1. The van der Waals surface area contributed by atoms with E-state index in [0.717, 1.165) is 17.9 Å². The van der Waals surface area contributed by atoms with E-state index < -0.39 is 0 Å². The van der Waals surface area contributed by atoms with Gasteiger partial charge in [0.05, 0.1) is 0 Å². The summed E-state index contributed by atoms with van der Waals surface area (Å²) in [5.41, 5.74) is 6.75. The average Bonchev–Trinajstić information content (AvgIpc) is 2.01. The first-order valence-electron chi connectivity index (χ1n) is 5.03. The SMILES string of the molecule is Cc1cccc(NC(C)CC(C)N)n1. The summed E-state index contributed by atoms with van der Waals surface area (Å²) in [4.78, 5) is 4.37. The molecule has 0 saturated heterocycles. The molecule has 78 valence electrons. The van der Waals surface area contributed by atoms with E-state index in [1.807, 2.05) is 32.0 Å². The topological polar surface area (TPSA) is 50.9 Å². The Bertz CT molecular complexity index is 284. The predicted molar refractivity (Wildman–Crippen MR) is 60.3 cm³/mol. The van der Waals surface area contributed by atoms with Gasteiger partial charge in [-0.15, -0.1) is 0 Å². The summed E-state index contributed by atoms with van der Waals surface area (Å²) in [6.07, 6.45) is 0.954. The van der Waals surface area contributed by atoms with Crippen LogP contribution in [-0.4, -0.2) is 17.1 Å². The van der Waals surface area contributed by atoms with Gasteiger partial charge in [-0.3, -0.25) is 0 Å². The number of hydrogen-bond donors (Lipinski definition) is 2. The second-order valence-corrected chi connectivity index (χ2v) is 3.92. The molecule has 1 aromatic heterocycles. The molecule has 1 aromatic rings. The van der Waals surface area contributed by atoms with Crippen LogP contribution in [0.2, 0.25) is 0 Å². The molecule has 0 saturated carbocycles. The van der Waals surface area contributed by atoms with Crippen LogP contribution in [0.5, 0.6) is 0 Å². The van der Waals surface area contributed by atoms with E-state index in [0.29, 0.717) is 6.04 Å². The van der Waals surface area contributed by atoms with E-state index in [4.69, 9.17) is 5.73 Å². The Kier molecular flexibility index (Phi) is 3.89. The molecule has 2 unspecified atom stereocenters. The molecular weight excluding hydrogens is 174 g/mol. The first-order valence-corrected chi connectivity index (χ1v) is 5.03. The predicted octanol–water partition coefficient (Wildman–Crippen LogP) is 1.93. The lowest BCUT2D eigenvalue weighted by Crippen LogP contribution is -2.26. The molecule has 2 atom stereocenters. The maximum absolute atomic E-state index is 5.72. The van der Waals surface area contributed by atoms with Crippen LogP contribution in [0.4, 0.5) is 5.82 Å². The number of anilines is 1. The van der Waals surface area contributed by atoms with Gasteiger partial charge in [-0.25, -0.2) is 4.98 Å². The van der Waals surface area contributed by atoms with E-state index in [9.17, 15) is 0 Å². The molecule has 3 N–H and O–H groups in total. The molecule has 0 spiro atoms. The van der Waals surface area contributed by atoms with Gasteiger partial charge in [-0.2, -0.15) is 0 Å². The summed E-state index contributed by atoms with van der Waals surface area (Å²) >= 11 is 0. The summed E-state index contributed by atoms with van der Waals surface area (Å²) in [6, 6.07) is 6.56. The molecule has 0 fully saturated rings. The van der Waals surface area contributed by atoms with Crippen LogP contribution >= 0.6 is 0 Å². The fourth-order valence-corrected chi connectivity index (χ4v) is 1.49. The average molecular weight is 193 g/mol. The van der Waals surface area contributed by atoms with Crippen molar-refractivity contribution in [3.8, 4) is 0 Å². The lowest BCUT2D eigenvalue weighted by Gasteiger charge is -2.16. The van der Waals surface area contributed by atoms with Crippen LogP contribution < -0.4 is 11.1 Å². The Morgan fingerprint density at radius 3 is 2.71 bits per heavy atom. The van der Waals surface area contributed by atoms with Gasteiger partial charge < -0.3 is 11.1 Å². The van der Waals surface area contributed by atoms with Gasteiger partial charge in [0, 0.05) is 17.8 Å². The third-order valence-electron chi connectivity index (χ3n) is 2.01. The molecule has 0 aliphatic rings. The highest BCUT2D eigenvalue weighted by Crippen LogP contribution is 2.07. The Morgan fingerprint density at radius 1 is 1.43 bits per heavy atom. The first kappa shape index (κ1) is 11.0. The van der Waals surface area contributed by atoms with Crippen molar-refractivity contribution in [2.45, 2.75) is 39.3 Å². The minimum Gasteiger partial charge on any atom is -0.368 e. The van der Waals surface area contributed by atoms with Gasteiger partial charge in [0.2, 0.25) is 0 Å². The summed E-state index contributed by atoms with van der Waals surface area (Å²) in [7, 11) is 0. The van der Waals surface area contributed by atoms with Crippen molar-refractivity contribution < 1.29 is 0 Å². The first-order chi connectivity index (χ1) is 6.58. The zero-order chi connectivity index (χ0) is 10.6. The maximum Gasteiger partial charge on any atom is 0.126 e. The summed E-state index contributed by atoms with van der Waals surface area (Å²) in [5, 5.41) is 3.32. The van der Waals surface area contributed by atoms with Crippen molar-refractivity contribution in [2.75, 3.05) is 5.32 Å². The van der Waals surface area contributed by atoms with Gasteiger partial charge in [0.15, 0.2) is 0 Å². The van der Waals surface area contributed by atoms with Crippen LogP contribution in [0.3, 0.4) is 0 Å². The van der Waals surface area contributed by atoms with E-state index in [1.165, 1.54) is 0 Å². The van der Waals surface area contributed by atoms with E-state index in [2.05, 4.69) is 17.2 Å². The van der Waals surface area contributed by atoms with E-state index >= 15 is 0 Å². The number of aromatic nitrogens is 1. The maximum atomic E-state index is 5.72. The monoisotopic (exact) mass is 193 g/mol. The fraction of sp³-hybridized carbons (Fsp3) is 0.545. The van der Waals surface area contributed by atoms with E-state index in [1.54, 1.807) is 0 Å². The highest BCUT2D eigenvalue weighted by molar-refractivity contribution is 5.35. The van der Waals surface area contributed by atoms with Crippen molar-refractivity contribution >= 4 is 5.82 Å². The van der Waals surface area contributed by atoms with Crippen molar-refractivity contribution in [3.63, 3.8) is 0 Å². The second kappa shape index (κ2) is 4.96. The number of nitrogens with zero attached hydrogens (tertiary/aromatic N) is 1. The quantitative estimate of drug-likeness (QED) is 0.768. The van der Waals surface area contributed by atoms with Crippen LogP contribution in [0.1, 0.15) is 26.0 Å². The molecule has 14 heavy (non-hydrogen) atoms. The van der Waals surface area contributed by atoms with Gasteiger partial charge in [0.25, 0.3) is 0 Å².